The maximum absolute atomic E-state index is 10.8. The molecule has 0 N–H and O–H groups in total. The SMILES string of the molecule is CCCC(Cl)C1COC(OC(C)=O)C1(Cl)Cl. The van der Waals surface area contributed by atoms with Crippen LogP contribution in [0.25, 0.3) is 0 Å². The average molecular weight is 290 g/mol. The Kier molecular flexibility index (Phi) is 5.17. The minimum absolute atomic E-state index is 0.180. The van der Waals surface area contributed by atoms with Crippen LogP contribution in [0.3, 0.4) is 0 Å². The van der Waals surface area contributed by atoms with E-state index in [1.165, 1.54) is 6.92 Å². The lowest BCUT2D eigenvalue weighted by Gasteiger charge is -2.27. The smallest absolute Gasteiger partial charge is 0.305 e. The number of hydrogen-bond donors (Lipinski definition) is 0. The summed E-state index contributed by atoms with van der Waals surface area (Å²) in [5.41, 5.74) is 0. The Balaban J connectivity index is 2.67. The van der Waals surface area contributed by atoms with Crippen molar-refractivity contribution in [3.63, 3.8) is 0 Å². The van der Waals surface area contributed by atoms with E-state index in [9.17, 15) is 4.79 Å². The molecule has 0 bridgehead atoms. The highest BCUT2D eigenvalue weighted by Crippen LogP contribution is 2.45. The minimum atomic E-state index is -1.27. The van der Waals surface area contributed by atoms with E-state index >= 15 is 0 Å². The zero-order chi connectivity index (χ0) is 12.3. The van der Waals surface area contributed by atoms with Crippen molar-refractivity contribution < 1.29 is 14.3 Å². The van der Waals surface area contributed by atoms with Gasteiger partial charge in [0.25, 0.3) is 0 Å². The summed E-state index contributed by atoms with van der Waals surface area (Å²) < 4.78 is 8.90. The van der Waals surface area contributed by atoms with Gasteiger partial charge in [0.05, 0.1) is 6.61 Å². The van der Waals surface area contributed by atoms with E-state index in [-0.39, 0.29) is 11.3 Å². The molecule has 3 atom stereocenters. The molecule has 0 spiro atoms. The van der Waals surface area contributed by atoms with Gasteiger partial charge in [-0.2, -0.15) is 0 Å². The normalized spacial score (nSPS) is 30.1. The van der Waals surface area contributed by atoms with Gasteiger partial charge < -0.3 is 9.47 Å². The number of halogens is 3. The van der Waals surface area contributed by atoms with Gasteiger partial charge in [0.2, 0.25) is 6.29 Å². The maximum Gasteiger partial charge on any atom is 0.305 e. The van der Waals surface area contributed by atoms with E-state index in [1.54, 1.807) is 0 Å². The highest BCUT2D eigenvalue weighted by Gasteiger charge is 2.53. The zero-order valence-corrected chi connectivity index (χ0v) is 11.5. The lowest BCUT2D eigenvalue weighted by atomic mass is 9.99. The molecule has 3 nitrogen and oxygen atoms in total. The van der Waals surface area contributed by atoms with Gasteiger partial charge in [-0.05, 0) is 6.42 Å². The first kappa shape index (κ1) is 14.4. The van der Waals surface area contributed by atoms with E-state index in [0.29, 0.717) is 6.61 Å². The highest BCUT2D eigenvalue weighted by molar-refractivity contribution is 6.49. The third kappa shape index (κ3) is 3.16. The van der Waals surface area contributed by atoms with Gasteiger partial charge >= 0.3 is 5.97 Å². The fourth-order valence-electron chi connectivity index (χ4n) is 1.67. The van der Waals surface area contributed by atoms with Crippen LogP contribution in [0, 0.1) is 5.92 Å². The zero-order valence-electron chi connectivity index (χ0n) is 9.21. The second-order valence-corrected chi connectivity index (χ2v) is 5.87. The molecule has 0 amide bonds. The second-order valence-electron chi connectivity index (χ2n) is 3.86. The predicted molar refractivity (Wildman–Crippen MR) is 64.0 cm³/mol. The van der Waals surface area contributed by atoms with Crippen molar-refractivity contribution in [3.8, 4) is 0 Å². The molecule has 3 unspecified atom stereocenters. The monoisotopic (exact) mass is 288 g/mol. The number of carbonyl (C=O) groups is 1. The first-order chi connectivity index (χ1) is 7.39. The van der Waals surface area contributed by atoms with Crippen LogP contribution < -0.4 is 0 Å². The van der Waals surface area contributed by atoms with E-state index < -0.39 is 16.6 Å². The van der Waals surface area contributed by atoms with Crippen LogP contribution in [0.1, 0.15) is 26.7 Å². The second kappa shape index (κ2) is 5.76. The molecule has 0 aromatic heterocycles. The summed E-state index contributed by atoms with van der Waals surface area (Å²) in [7, 11) is 0. The van der Waals surface area contributed by atoms with Crippen molar-refractivity contribution in [1.29, 1.82) is 0 Å². The molecule has 1 aliphatic rings. The molecule has 1 fully saturated rings. The number of esters is 1. The fraction of sp³-hybridized carbons (Fsp3) is 0.900. The Morgan fingerprint density at radius 2 is 2.25 bits per heavy atom. The third-order valence-corrected chi connectivity index (χ3v) is 3.95. The van der Waals surface area contributed by atoms with E-state index in [2.05, 4.69) is 0 Å². The van der Waals surface area contributed by atoms with E-state index in [1.807, 2.05) is 6.92 Å². The highest BCUT2D eigenvalue weighted by atomic mass is 35.5. The Labute approximate surface area is 110 Å². The van der Waals surface area contributed by atoms with Crippen molar-refractivity contribution in [1.82, 2.24) is 0 Å². The molecular weight excluding hydrogens is 274 g/mol. The summed E-state index contributed by atoms with van der Waals surface area (Å²) >= 11 is 18.5. The Morgan fingerprint density at radius 3 is 2.75 bits per heavy atom. The number of alkyl halides is 3. The molecule has 0 radical (unpaired) electrons. The fourth-order valence-corrected chi connectivity index (χ4v) is 2.94. The molecule has 1 rings (SSSR count). The van der Waals surface area contributed by atoms with Crippen molar-refractivity contribution in [2.24, 2.45) is 5.92 Å². The molecule has 16 heavy (non-hydrogen) atoms. The molecule has 1 aliphatic heterocycles. The average Bonchev–Trinajstić information content (AvgIpc) is 2.42. The van der Waals surface area contributed by atoms with Crippen molar-refractivity contribution in [3.05, 3.63) is 0 Å². The number of carbonyl (C=O) groups excluding carboxylic acids is 1. The minimum Gasteiger partial charge on any atom is -0.433 e. The molecule has 0 saturated carbocycles. The van der Waals surface area contributed by atoms with Gasteiger partial charge in [0.15, 0.2) is 4.33 Å². The largest absolute Gasteiger partial charge is 0.433 e. The van der Waals surface area contributed by atoms with Gasteiger partial charge in [0.1, 0.15) is 0 Å². The first-order valence-corrected chi connectivity index (χ1v) is 6.39. The number of hydrogen-bond acceptors (Lipinski definition) is 3. The third-order valence-electron chi connectivity index (χ3n) is 2.51. The Bertz CT molecular complexity index is 258. The van der Waals surface area contributed by atoms with E-state index in [0.717, 1.165) is 12.8 Å². The van der Waals surface area contributed by atoms with Crippen LogP contribution >= 0.6 is 34.8 Å². The summed E-state index contributed by atoms with van der Waals surface area (Å²) in [6.45, 7) is 3.61. The quantitative estimate of drug-likeness (QED) is 0.589. The summed E-state index contributed by atoms with van der Waals surface area (Å²) in [5.74, 6) is -0.709. The molecule has 0 aliphatic carbocycles. The van der Waals surface area contributed by atoms with Gasteiger partial charge in [0, 0.05) is 18.2 Å². The molecule has 1 heterocycles. The molecular formula is C10H15Cl3O3. The lowest BCUT2D eigenvalue weighted by molar-refractivity contribution is -0.167. The summed E-state index contributed by atoms with van der Waals surface area (Å²) in [6.07, 6.45) is 0.799. The van der Waals surface area contributed by atoms with Crippen LogP contribution in [-0.2, 0) is 14.3 Å². The van der Waals surface area contributed by atoms with Gasteiger partial charge in [-0.1, -0.05) is 36.5 Å². The molecule has 0 aromatic carbocycles. The van der Waals surface area contributed by atoms with Crippen LogP contribution in [-0.4, -0.2) is 28.6 Å². The van der Waals surface area contributed by atoms with Crippen LogP contribution in [0.2, 0.25) is 0 Å². The molecule has 0 aromatic rings. The Hall–Kier alpha value is 0.300. The first-order valence-electron chi connectivity index (χ1n) is 5.20. The summed E-state index contributed by atoms with van der Waals surface area (Å²) in [6, 6.07) is 0. The summed E-state index contributed by atoms with van der Waals surface area (Å²) in [4.78, 5) is 10.8. The van der Waals surface area contributed by atoms with Crippen molar-refractivity contribution in [2.75, 3.05) is 6.61 Å². The number of ether oxygens (including phenoxy) is 2. The van der Waals surface area contributed by atoms with Crippen LogP contribution in [0.5, 0.6) is 0 Å². The van der Waals surface area contributed by atoms with Gasteiger partial charge in [-0.25, -0.2) is 0 Å². The Morgan fingerprint density at radius 1 is 1.62 bits per heavy atom. The predicted octanol–water partition coefficient (Wildman–Crippen LogP) is 3.10. The topological polar surface area (TPSA) is 35.5 Å². The van der Waals surface area contributed by atoms with Crippen LogP contribution in [0.4, 0.5) is 0 Å². The molecule has 6 heteroatoms. The van der Waals surface area contributed by atoms with Crippen LogP contribution in [0.15, 0.2) is 0 Å². The van der Waals surface area contributed by atoms with Gasteiger partial charge in [-0.3, -0.25) is 4.79 Å². The molecule has 1 saturated heterocycles. The van der Waals surface area contributed by atoms with Crippen molar-refractivity contribution in [2.45, 2.75) is 42.7 Å². The van der Waals surface area contributed by atoms with Crippen molar-refractivity contribution >= 4 is 40.8 Å². The molecule has 94 valence electrons. The summed E-state index contributed by atoms with van der Waals surface area (Å²) in [5, 5.41) is -0.180. The number of rotatable bonds is 4. The van der Waals surface area contributed by atoms with E-state index in [4.69, 9.17) is 44.3 Å². The lowest BCUT2D eigenvalue weighted by Crippen LogP contribution is -2.38. The van der Waals surface area contributed by atoms with Gasteiger partial charge in [-0.15, -0.1) is 11.6 Å². The standard InChI is InChI=1S/C10H15Cl3O3/c1-3-4-8(11)7-5-15-9(10(7,12)13)16-6(2)14/h7-9H,3-5H2,1-2H3. The maximum atomic E-state index is 10.8.